The molecule has 4 aromatic carbocycles. The van der Waals surface area contributed by atoms with Gasteiger partial charge in [0, 0.05) is 24.1 Å². The van der Waals surface area contributed by atoms with Crippen LogP contribution >= 0.6 is 69.3 Å². The predicted octanol–water partition coefficient (Wildman–Crippen LogP) is 11.1. The number of hydrogen-bond acceptors (Lipinski definition) is 5. The van der Waals surface area contributed by atoms with E-state index in [1.807, 2.05) is 60.7 Å². The zero-order valence-corrected chi connectivity index (χ0v) is 30.5. The van der Waals surface area contributed by atoms with Crippen molar-refractivity contribution in [3.63, 3.8) is 0 Å². The van der Waals surface area contributed by atoms with Crippen molar-refractivity contribution in [3.8, 4) is 11.5 Å². The Balaban J connectivity index is 1.67. The second-order valence-corrected chi connectivity index (χ2v) is 13.7. The van der Waals surface area contributed by atoms with Gasteiger partial charge in [-0.15, -0.1) is 0 Å². The Morgan fingerprint density at radius 1 is 0.600 bits per heavy atom. The van der Waals surface area contributed by atoms with Crippen LogP contribution in [-0.2, 0) is 16.5 Å². The van der Waals surface area contributed by atoms with E-state index >= 15 is 17.6 Å². The number of rotatable bonds is 16. The highest BCUT2D eigenvalue weighted by Gasteiger charge is 2.45. The number of methoxy groups -OCH3 is 2. The Labute approximate surface area is 297 Å². The minimum Gasteiger partial charge on any atom is -0.497 e. The summed E-state index contributed by atoms with van der Waals surface area (Å²) in [5, 5.41) is -2.92. The number of alkyl halides is 6. The molecule has 11 heteroatoms. The fourth-order valence-electron chi connectivity index (χ4n) is 4.81. The second-order valence-electron chi connectivity index (χ2n) is 10.3. The fraction of sp³-hybridized carbons (Fsp3) is 0.294. The highest BCUT2D eigenvalue weighted by Crippen LogP contribution is 2.52. The van der Waals surface area contributed by atoms with Gasteiger partial charge in [-0.05, 0) is 70.5 Å². The normalized spacial score (nSPS) is 13.3. The zero-order valence-electron chi connectivity index (χ0n) is 24.5. The number of benzene rings is 4. The molecule has 0 amide bonds. The maximum atomic E-state index is 15.6. The first kappa shape index (κ1) is 36.2. The fourth-order valence-corrected chi connectivity index (χ4v) is 8.21. The average Bonchev–Trinajstić information content (AvgIpc) is 3.06. The van der Waals surface area contributed by atoms with Gasteiger partial charge in [-0.2, -0.15) is 0 Å². The van der Waals surface area contributed by atoms with Crippen LogP contribution in [0, 0.1) is 0 Å². The highest BCUT2D eigenvalue weighted by atomic mass is 127. The van der Waals surface area contributed by atoms with Gasteiger partial charge in [0.25, 0.3) is 11.8 Å². The van der Waals surface area contributed by atoms with E-state index in [1.165, 1.54) is 14.2 Å². The molecule has 0 aliphatic carbocycles. The molecule has 0 N–H and O–H groups in total. The van der Waals surface area contributed by atoms with E-state index in [9.17, 15) is 0 Å². The van der Waals surface area contributed by atoms with Crippen LogP contribution in [0.3, 0.4) is 0 Å². The molecule has 0 radical (unpaired) electrons. The molecule has 4 rings (SSSR count). The second kappa shape index (κ2) is 16.9. The lowest BCUT2D eigenvalue weighted by Crippen LogP contribution is -2.28. The molecule has 3 nitrogen and oxygen atoms in total. The highest BCUT2D eigenvalue weighted by molar-refractivity contribution is 14.1. The maximum Gasteiger partial charge on any atom is 0.274 e. The third kappa shape index (κ3) is 9.68. The van der Waals surface area contributed by atoms with Gasteiger partial charge in [0.1, 0.15) is 22.0 Å². The minimum absolute atomic E-state index is 0.360. The van der Waals surface area contributed by atoms with Crippen LogP contribution in [0.15, 0.2) is 97.1 Å². The van der Waals surface area contributed by atoms with E-state index in [-0.39, 0.29) is 0 Å². The molecule has 0 saturated carbocycles. The van der Waals surface area contributed by atoms with Crippen LogP contribution in [0.25, 0.3) is 0 Å². The Bertz CT molecular complexity index is 1400. The summed E-state index contributed by atoms with van der Waals surface area (Å²) in [4.78, 5) is 0. The molecule has 0 aliphatic heterocycles. The van der Waals surface area contributed by atoms with Crippen LogP contribution in [0.4, 0.5) is 17.6 Å². The molecular weight excluding hydrogens is 850 g/mol. The van der Waals surface area contributed by atoms with Gasteiger partial charge in [0.15, 0.2) is 0 Å². The van der Waals surface area contributed by atoms with Gasteiger partial charge >= 0.3 is 0 Å². The van der Waals surface area contributed by atoms with Crippen molar-refractivity contribution < 1.29 is 30.7 Å². The summed E-state index contributed by atoms with van der Waals surface area (Å²) in [6.45, 7) is 0. The molecule has 2 atom stereocenters. The van der Waals surface area contributed by atoms with E-state index in [2.05, 4.69) is 0 Å². The smallest absolute Gasteiger partial charge is 0.274 e. The molecule has 45 heavy (non-hydrogen) atoms. The van der Waals surface area contributed by atoms with Gasteiger partial charge in [0.05, 0.1) is 23.1 Å². The SMILES string of the molecule is COc1ccc(C(SOSC(c2ccc(OC)cc2Cc2ccccc2)C(F)(F)CI)C(F)(F)CI)c(Cc2ccccc2)c1. The number of hydrogen-bond donors (Lipinski definition) is 0. The third-order valence-corrected chi connectivity index (χ3v) is 11.4. The van der Waals surface area contributed by atoms with E-state index in [0.717, 1.165) is 11.1 Å². The molecule has 0 aromatic heterocycles. The van der Waals surface area contributed by atoms with Crippen LogP contribution in [0.2, 0.25) is 0 Å². The molecule has 0 heterocycles. The summed E-state index contributed by atoms with van der Waals surface area (Å²) >= 11 is 4.34. The first-order valence-corrected chi connectivity index (χ1v) is 18.6. The van der Waals surface area contributed by atoms with Crippen molar-refractivity contribution in [2.24, 2.45) is 0 Å². The largest absolute Gasteiger partial charge is 0.497 e. The molecular formula is C34H32F4I2O3S2. The maximum absolute atomic E-state index is 15.6. The first-order valence-electron chi connectivity index (χ1n) is 13.9. The summed E-state index contributed by atoms with van der Waals surface area (Å²) in [5.74, 6) is -5.33. The predicted molar refractivity (Wildman–Crippen MR) is 194 cm³/mol. The third-order valence-electron chi connectivity index (χ3n) is 7.13. The van der Waals surface area contributed by atoms with Crippen molar-refractivity contribution in [2.45, 2.75) is 35.2 Å². The summed E-state index contributed by atoms with van der Waals surface area (Å²) in [6.07, 6.45) is 0.776. The quantitative estimate of drug-likeness (QED) is 0.0484. The van der Waals surface area contributed by atoms with Crippen LogP contribution in [-0.4, -0.2) is 34.9 Å². The van der Waals surface area contributed by atoms with E-state index < -0.39 is 31.2 Å². The molecule has 0 saturated heterocycles. The van der Waals surface area contributed by atoms with Gasteiger partial charge < -0.3 is 9.47 Å². The van der Waals surface area contributed by atoms with Gasteiger partial charge in [-0.3, -0.25) is 0 Å². The molecule has 4 aromatic rings. The molecule has 0 fully saturated rings. The van der Waals surface area contributed by atoms with Crippen molar-refractivity contribution >= 4 is 69.3 Å². The number of halogens is 6. The topological polar surface area (TPSA) is 27.7 Å². The van der Waals surface area contributed by atoms with E-state index in [0.29, 0.717) is 70.7 Å². The first-order chi connectivity index (χ1) is 21.6. The lowest BCUT2D eigenvalue weighted by atomic mass is 9.95. The Kier molecular flexibility index (Phi) is 13.6. The number of ether oxygens (including phenoxy) is 2. The lowest BCUT2D eigenvalue weighted by molar-refractivity contribution is 0.0258. The standard InChI is InChI=1S/C34H32F4I2O3S2/c1-41-27-13-15-29(25(19-27)17-23-9-5-3-6-10-23)31(33(35,36)21-39)44-43-45-32(34(37,38)22-40)30-16-14-28(42-2)20-26(30)18-24-11-7-4-8-12-24/h3-16,19-20,31-32H,17-18,21-22H2,1-2H3. The summed E-state index contributed by atoms with van der Waals surface area (Å²) < 4.78 is 78.1. The summed E-state index contributed by atoms with van der Waals surface area (Å²) in [5.41, 5.74) is 3.89. The van der Waals surface area contributed by atoms with Crippen molar-refractivity contribution in [3.05, 3.63) is 130 Å². The van der Waals surface area contributed by atoms with Crippen LogP contribution in [0.1, 0.15) is 43.9 Å². The van der Waals surface area contributed by atoms with E-state index in [1.54, 1.807) is 81.6 Å². The van der Waals surface area contributed by atoms with Crippen LogP contribution in [0.5, 0.6) is 11.5 Å². The summed E-state index contributed by atoms with van der Waals surface area (Å²) in [6, 6.07) is 29.0. The zero-order chi connectivity index (χ0) is 32.5. The molecule has 0 aliphatic rings. The molecule has 0 spiro atoms. The lowest BCUT2D eigenvalue weighted by Gasteiger charge is -2.29. The summed E-state index contributed by atoms with van der Waals surface area (Å²) in [7, 11) is 3.04. The Morgan fingerprint density at radius 2 is 0.978 bits per heavy atom. The van der Waals surface area contributed by atoms with Gasteiger partial charge in [0.2, 0.25) is 0 Å². The van der Waals surface area contributed by atoms with Crippen LogP contribution < -0.4 is 9.47 Å². The van der Waals surface area contributed by atoms with Gasteiger partial charge in [-0.1, -0.05) is 118 Å². The molecule has 0 bridgehead atoms. The Hall–Kier alpha value is -1.68. The van der Waals surface area contributed by atoms with E-state index in [4.69, 9.17) is 13.1 Å². The van der Waals surface area contributed by atoms with Crippen molar-refractivity contribution in [1.82, 2.24) is 0 Å². The monoisotopic (exact) mass is 882 g/mol. The minimum atomic E-state index is -3.20. The van der Waals surface area contributed by atoms with Crippen molar-refractivity contribution in [2.75, 3.05) is 23.1 Å². The van der Waals surface area contributed by atoms with Gasteiger partial charge in [-0.25, -0.2) is 21.2 Å². The van der Waals surface area contributed by atoms with Crippen molar-refractivity contribution in [1.29, 1.82) is 0 Å². The molecule has 240 valence electrons. The average molecular weight is 883 g/mol. The Morgan fingerprint density at radius 3 is 1.31 bits per heavy atom. The molecule has 2 unspecified atom stereocenters.